The van der Waals surface area contributed by atoms with E-state index >= 15 is 0 Å². The van der Waals surface area contributed by atoms with Crippen molar-refractivity contribution < 1.29 is 23.1 Å². The first-order chi connectivity index (χ1) is 11.4. The van der Waals surface area contributed by atoms with Crippen LogP contribution >= 0.6 is 0 Å². The van der Waals surface area contributed by atoms with Gasteiger partial charge in [0.1, 0.15) is 5.75 Å². The summed E-state index contributed by atoms with van der Waals surface area (Å²) in [6.07, 6.45) is 0.382. The summed E-state index contributed by atoms with van der Waals surface area (Å²) >= 11 is 0. The van der Waals surface area contributed by atoms with Crippen LogP contribution in [0.1, 0.15) is 17.5 Å². The van der Waals surface area contributed by atoms with Crippen LogP contribution in [0.5, 0.6) is 5.75 Å². The molecule has 0 amide bonds. The molecule has 0 spiro atoms. The lowest BCUT2D eigenvalue weighted by molar-refractivity contribution is -0.136. The fourth-order valence-electron chi connectivity index (χ4n) is 2.13. The number of nitrogens with one attached hydrogen (secondary N) is 1. The number of aryl methyl sites for hydroxylation is 1. The van der Waals surface area contributed by atoms with Gasteiger partial charge in [0.05, 0.1) is 12.0 Å². The Hall–Kier alpha value is -2.38. The summed E-state index contributed by atoms with van der Waals surface area (Å²) in [5.74, 6) is -0.221. The van der Waals surface area contributed by atoms with Crippen molar-refractivity contribution in [2.45, 2.75) is 24.3 Å². The number of rotatable bonds is 8. The quantitative estimate of drug-likeness (QED) is 0.762. The van der Waals surface area contributed by atoms with E-state index in [2.05, 4.69) is 4.72 Å². The maximum Gasteiger partial charge on any atom is 0.303 e. The number of sulfonamides is 1. The highest BCUT2D eigenvalue weighted by Gasteiger charge is 2.13. The molecule has 0 aliphatic heterocycles. The normalized spacial score (nSPS) is 11.2. The summed E-state index contributed by atoms with van der Waals surface area (Å²) in [5, 5.41) is 8.66. The van der Waals surface area contributed by atoms with Crippen LogP contribution < -0.4 is 9.46 Å². The molecule has 24 heavy (non-hydrogen) atoms. The topological polar surface area (TPSA) is 92.7 Å². The van der Waals surface area contributed by atoms with E-state index in [1.54, 1.807) is 43.5 Å². The van der Waals surface area contributed by atoms with Gasteiger partial charge in [0, 0.05) is 13.0 Å². The Kier molecular flexibility index (Phi) is 5.94. The van der Waals surface area contributed by atoms with Gasteiger partial charge >= 0.3 is 5.97 Å². The van der Waals surface area contributed by atoms with Crippen molar-refractivity contribution in [1.82, 2.24) is 4.72 Å². The molecule has 0 aliphatic carbocycles. The monoisotopic (exact) mass is 349 g/mol. The zero-order valence-electron chi connectivity index (χ0n) is 13.2. The van der Waals surface area contributed by atoms with E-state index in [0.29, 0.717) is 12.2 Å². The maximum atomic E-state index is 12.3. The molecule has 0 saturated heterocycles. The van der Waals surface area contributed by atoms with E-state index in [9.17, 15) is 13.2 Å². The average molecular weight is 349 g/mol. The van der Waals surface area contributed by atoms with Gasteiger partial charge in [-0.15, -0.1) is 0 Å². The Bertz CT molecular complexity index is 800. The van der Waals surface area contributed by atoms with Gasteiger partial charge in [-0.2, -0.15) is 0 Å². The first-order valence-corrected chi connectivity index (χ1v) is 8.82. The second-order valence-corrected chi connectivity index (χ2v) is 6.98. The molecule has 2 aromatic rings. The summed E-state index contributed by atoms with van der Waals surface area (Å²) in [7, 11) is -2.08. The highest BCUT2D eigenvalue weighted by molar-refractivity contribution is 7.89. The molecule has 0 aromatic heterocycles. The molecule has 2 aromatic carbocycles. The molecule has 6 nitrogen and oxygen atoms in total. The fraction of sp³-hybridized carbons (Fsp3) is 0.235. The molecule has 2 rings (SSSR count). The van der Waals surface area contributed by atoms with Crippen molar-refractivity contribution in [2.24, 2.45) is 0 Å². The van der Waals surface area contributed by atoms with Crippen molar-refractivity contribution in [3.05, 3.63) is 59.7 Å². The Morgan fingerprint density at radius 1 is 1.12 bits per heavy atom. The molecule has 0 aliphatic rings. The van der Waals surface area contributed by atoms with Crippen molar-refractivity contribution >= 4 is 16.0 Å². The second kappa shape index (κ2) is 7.94. The minimum absolute atomic E-state index is 0.0141. The number of methoxy groups -OCH3 is 1. The maximum absolute atomic E-state index is 12.3. The third-order valence-corrected chi connectivity index (χ3v) is 4.88. The van der Waals surface area contributed by atoms with Gasteiger partial charge in [-0.25, -0.2) is 13.1 Å². The van der Waals surface area contributed by atoms with Gasteiger partial charge in [0.2, 0.25) is 10.0 Å². The van der Waals surface area contributed by atoms with E-state index in [-0.39, 0.29) is 17.9 Å². The van der Waals surface area contributed by atoms with E-state index in [0.717, 1.165) is 11.1 Å². The van der Waals surface area contributed by atoms with Gasteiger partial charge in [0.15, 0.2) is 0 Å². The lowest BCUT2D eigenvalue weighted by Crippen LogP contribution is -2.23. The van der Waals surface area contributed by atoms with Crippen molar-refractivity contribution in [1.29, 1.82) is 0 Å². The summed E-state index contributed by atoms with van der Waals surface area (Å²) in [4.78, 5) is 10.7. The number of aliphatic carboxylic acids is 1. The highest BCUT2D eigenvalue weighted by atomic mass is 32.2. The molecule has 0 saturated carbocycles. The molecule has 0 radical (unpaired) electrons. The molecule has 0 bridgehead atoms. The predicted molar refractivity (Wildman–Crippen MR) is 89.4 cm³/mol. The number of hydrogen-bond donors (Lipinski definition) is 2. The third-order valence-electron chi connectivity index (χ3n) is 3.46. The molecular weight excluding hydrogens is 330 g/mol. The predicted octanol–water partition coefficient (Wildman–Crippen LogP) is 2.19. The summed E-state index contributed by atoms with van der Waals surface area (Å²) < 4.78 is 32.2. The first kappa shape index (κ1) is 18.0. The highest BCUT2D eigenvalue weighted by Crippen LogP contribution is 2.15. The molecular formula is C17H19NO5S. The van der Waals surface area contributed by atoms with Crippen molar-refractivity contribution in [2.75, 3.05) is 7.11 Å². The Balaban J connectivity index is 2.02. The summed E-state index contributed by atoms with van der Waals surface area (Å²) in [5.41, 5.74) is 1.57. The number of carboxylic acid groups (broad SMARTS) is 1. The minimum Gasteiger partial charge on any atom is -0.497 e. The summed E-state index contributed by atoms with van der Waals surface area (Å²) in [6, 6.07) is 13.4. The molecule has 0 fully saturated rings. The number of ether oxygens (including phenoxy) is 1. The van der Waals surface area contributed by atoms with Gasteiger partial charge in [-0.05, 0) is 41.8 Å². The van der Waals surface area contributed by atoms with E-state index in [1.165, 1.54) is 12.1 Å². The minimum atomic E-state index is -3.63. The van der Waals surface area contributed by atoms with Crippen LogP contribution in [0.15, 0.2) is 53.4 Å². The molecule has 0 heterocycles. The lowest BCUT2D eigenvalue weighted by Gasteiger charge is -2.09. The van der Waals surface area contributed by atoms with Crippen LogP contribution in [0.3, 0.4) is 0 Å². The van der Waals surface area contributed by atoms with Crippen molar-refractivity contribution in [3.63, 3.8) is 0 Å². The van der Waals surface area contributed by atoms with Gasteiger partial charge in [-0.3, -0.25) is 4.79 Å². The smallest absolute Gasteiger partial charge is 0.303 e. The zero-order valence-corrected chi connectivity index (χ0v) is 14.0. The molecule has 0 atom stereocenters. The Morgan fingerprint density at radius 2 is 1.83 bits per heavy atom. The number of benzene rings is 2. The Morgan fingerprint density at radius 3 is 2.46 bits per heavy atom. The second-order valence-electron chi connectivity index (χ2n) is 5.21. The van der Waals surface area contributed by atoms with Gasteiger partial charge in [-0.1, -0.05) is 24.3 Å². The average Bonchev–Trinajstić information content (AvgIpc) is 2.59. The van der Waals surface area contributed by atoms with E-state index in [4.69, 9.17) is 9.84 Å². The Labute approximate surface area is 141 Å². The summed E-state index contributed by atoms with van der Waals surface area (Å²) in [6.45, 7) is 0.153. The number of carboxylic acids is 1. The van der Waals surface area contributed by atoms with Crippen LogP contribution in [0.4, 0.5) is 0 Å². The van der Waals surface area contributed by atoms with Crippen LogP contribution in [0.25, 0.3) is 0 Å². The number of carbonyl (C=O) groups is 1. The van der Waals surface area contributed by atoms with Crippen LogP contribution in [0, 0.1) is 0 Å². The van der Waals surface area contributed by atoms with E-state index in [1.807, 2.05) is 0 Å². The van der Waals surface area contributed by atoms with Crippen LogP contribution in [-0.4, -0.2) is 26.6 Å². The first-order valence-electron chi connectivity index (χ1n) is 7.34. The molecule has 128 valence electrons. The largest absolute Gasteiger partial charge is 0.497 e. The van der Waals surface area contributed by atoms with E-state index < -0.39 is 16.0 Å². The number of hydrogen-bond acceptors (Lipinski definition) is 4. The molecule has 2 N–H and O–H groups in total. The fourth-order valence-corrected chi connectivity index (χ4v) is 3.15. The van der Waals surface area contributed by atoms with Gasteiger partial charge < -0.3 is 9.84 Å². The third kappa shape index (κ3) is 5.07. The standard InChI is InChI=1S/C17H19NO5S/c1-23-15-4-2-3-14(11-15)12-18-24(21,22)16-8-5-13(6-9-16)7-10-17(19)20/h2-6,8-9,11,18H,7,10,12H2,1H3,(H,19,20). The van der Waals surface area contributed by atoms with Gasteiger partial charge in [0.25, 0.3) is 0 Å². The van der Waals surface area contributed by atoms with Crippen LogP contribution in [0.2, 0.25) is 0 Å². The van der Waals surface area contributed by atoms with Crippen molar-refractivity contribution in [3.8, 4) is 5.75 Å². The molecule has 7 heteroatoms. The zero-order chi connectivity index (χ0) is 17.6. The lowest BCUT2D eigenvalue weighted by atomic mass is 10.1. The van der Waals surface area contributed by atoms with Crippen LogP contribution in [-0.2, 0) is 27.8 Å². The molecule has 0 unspecified atom stereocenters. The SMILES string of the molecule is COc1cccc(CNS(=O)(=O)c2ccc(CCC(=O)O)cc2)c1.